The first-order valence-electron chi connectivity index (χ1n) is 6.57. The van der Waals surface area contributed by atoms with Gasteiger partial charge in [-0.05, 0) is 12.8 Å². The topological polar surface area (TPSA) is 74.2 Å². The quantitative estimate of drug-likeness (QED) is 0.865. The van der Waals surface area contributed by atoms with Crippen LogP contribution >= 0.6 is 23.5 Å². The minimum atomic E-state index is -0.234. The molecule has 0 aliphatic carbocycles. The van der Waals surface area contributed by atoms with Crippen LogP contribution in [0.2, 0.25) is 0 Å². The summed E-state index contributed by atoms with van der Waals surface area (Å²) < 4.78 is 10.3. The van der Waals surface area contributed by atoms with Crippen molar-refractivity contribution in [2.75, 3.05) is 25.2 Å². The van der Waals surface area contributed by atoms with Crippen molar-refractivity contribution in [3.63, 3.8) is 0 Å². The van der Waals surface area contributed by atoms with Crippen molar-refractivity contribution in [2.45, 2.75) is 36.3 Å². The van der Waals surface area contributed by atoms with E-state index in [1.54, 1.807) is 7.11 Å². The monoisotopic (exact) mass is 303 g/mol. The standard InChI is InChI=1S/C12H21N3O2S2/c1-3-9-10(19-7-6-18-9)11-14-12(17-15-11)8(13)4-5-16-2/h8-10H,3-7,13H2,1-2H3. The molecule has 1 aliphatic rings. The van der Waals surface area contributed by atoms with Gasteiger partial charge in [-0.3, -0.25) is 0 Å². The molecule has 2 heterocycles. The van der Waals surface area contributed by atoms with E-state index in [1.165, 1.54) is 5.75 Å². The molecule has 3 atom stereocenters. The Hall–Kier alpha value is -0.240. The maximum Gasteiger partial charge on any atom is 0.243 e. The predicted octanol–water partition coefficient (Wildman–Crippen LogP) is 2.41. The summed E-state index contributed by atoms with van der Waals surface area (Å²) in [6.45, 7) is 2.81. The summed E-state index contributed by atoms with van der Waals surface area (Å²) >= 11 is 3.92. The Morgan fingerprint density at radius 2 is 2.26 bits per heavy atom. The summed E-state index contributed by atoms with van der Waals surface area (Å²) in [6.07, 6.45) is 1.82. The van der Waals surface area contributed by atoms with Crippen LogP contribution in [0.3, 0.4) is 0 Å². The van der Waals surface area contributed by atoms with Gasteiger partial charge < -0.3 is 15.0 Å². The van der Waals surface area contributed by atoms with Crippen molar-refractivity contribution in [1.29, 1.82) is 0 Å². The molecule has 1 aromatic heterocycles. The van der Waals surface area contributed by atoms with E-state index in [-0.39, 0.29) is 6.04 Å². The molecule has 7 heteroatoms. The molecule has 5 nitrogen and oxygen atoms in total. The van der Waals surface area contributed by atoms with Gasteiger partial charge in [0.25, 0.3) is 0 Å². The Morgan fingerprint density at radius 3 is 3.00 bits per heavy atom. The minimum absolute atomic E-state index is 0.234. The molecule has 0 bridgehead atoms. The largest absolute Gasteiger partial charge is 0.385 e. The van der Waals surface area contributed by atoms with Gasteiger partial charge in [-0.25, -0.2) is 0 Å². The molecule has 0 saturated carbocycles. The molecule has 1 aliphatic heterocycles. The number of hydrogen-bond donors (Lipinski definition) is 1. The normalized spacial score (nSPS) is 25.4. The van der Waals surface area contributed by atoms with Crippen LogP contribution < -0.4 is 5.73 Å². The number of ether oxygens (including phenoxy) is 1. The second-order valence-electron chi connectivity index (χ2n) is 4.49. The lowest BCUT2D eigenvalue weighted by Gasteiger charge is -2.27. The van der Waals surface area contributed by atoms with Gasteiger partial charge in [0, 0.05) is 30.5 Å². The lowest BCUT2D eigenvalue weighted by atomic mass is 10.2. The van der Waals surface area contributed by atoms with E-state index in [4.69, 9.17) is 15.0 Å². The van der Waals surface area contributed by atoms with Crippen molar-refractivity contribution < 1.29 is 9.26 Å². The number of aromatic nitrogens is 2. The molecule has 0 aromatic carbocycles. The molecule has 0 spiro atoms. The van der Waals surface area contributed by atoms with E-state index in [1.807, 2.05) is 23.5 Å². The molecular formula is C12H21N3O2S2. The van der Waals surface area contributed by atoms with Crippen LogP contribution in [-0.4, -0.2) is 40.6 Å². The molecule has 108 valence electrons. The molecule has 3 unspecified atom stereocenters. The third-order valence-electron chi connectivity index (χ3n) is 3.11. The molecular weight excluding hydrogens is 282 g/mol. The first kappa shape index (κ1) is 15.2. The van der Waals surface area contributed by atoms with Crippen LogP contribution in [0.1, 0.15) is 42.8 Å². The Labute approximate surface area is 122 Å². The zero-order valence-electron chi connectivity index (χ0n) is 11.4. The summed E-state index contributed by atoms with van der Waals surface area (Å²) in [7, 11) is 1.66. The smallest absolute Gasteiger partial charge is 0.243 e. The molecule has 2 N–H and O–H groups in total. The average Bonchev–Trinajstić information content (AvgIpc) is 2.94. The van der Waals surface area contributed by atoms with Crippen LogP contribution in [-0.2, 0) is 4.74 Å². The molecule has 0 radical (unpaired) electrons. The maximum atomic E-state index is 6.00. The summed E-state index contributed by atoms with van der Waals surface area (Å²) in [5.74, 6) is 3.67. The Balaban J connectivity index is 2.02. The lowest BCUT2D eigenvalue weighted by Crippen LogP contribution is -2.19. The molecule has 1 saturated heterocycles. The van der Waals surface area contributed by atoms with E-state index in [9.17, 15) is 0 Å². The Morgan fingerprint density at radius 1 is 1.47 bits per heavy atom. The van der Waals surface area contributed by atoms with Crippen LogP contribution in [0.4, 0.5) is 0 Å². The Kier molecular flexibility index (Phi) is 6.00. The molecule has 0 amide bonds. The summed E-state index contributed by atoms with van der Waals surface area (Å²) in [4.78, 5) is 4.49. The van der Waals surface area contributed by atoms with Crippen molar-refractivity contribution in [3.8, 4) is 0 Å². The highest BCUT2D eigenvalue weighted by atomic mass is 32.2. The highest BCUT2D eigenvalue weighted by Crippen LogP contribution is 2.43. The SMILES string of the molecule is CCC1SCCSC1c1noc(C(N)CCOC)n1. The van der Waals surface area contributed by atoms with Gasteiger partial charge in [0.1, 0.15) is 0 Å². The van der Waals surface area contributed by atoms with E-state index in [2.05, 4.69) is 17.1 Å². The average molecular weight is 303 g/mol. The Bertz CT molecular complexity index is 389. The van der Waals surface area contributed by atoms with Crippen LogP contribution in [0, 0.1) is 0 Å². The fourth-order valence-electron chi connectivity index (χ4n) is 2.02. The highest BCUT2D eigenvalue weighted by Gasteiger charge is 2.30. The first-order chi connectivity index (χ1) is 9.26. The van der Waals surface area contributed by atoms with Crippen LogP contribution in [0.5, 0.6) is 0 Å². The van der Waals surface area contributed by atoms with Gasteiger partial charge in [0.05, 0.1) is 11.3 Å². The second kappa shape index (κ2) is 7.52. The van der Waals surface area contributed by atoms with Crippen LogP contribution in [0.25, 0.3) is 0 Å². The first-order valence-corrected chi connectivity index (χ1v) is 8.67. The fourth-order valence-corrected chi connectivity index (χ4v) is 5.01. The second-order valence-corrected chi connectivity index (χ2v) is 7.08. The molecule has 1 aromatic rings. The van der Waals surface area contributed by atoms with Crippen molar-refractivity contribution >= 4 is 23.5 Å². The van der Waals surface area contributed by atoms with Gasteiger partial charge in [0.15, 0.2) is 5.82 Å². The van der Waals surface area contributed by atoms with E-state index >= 15 is 0 Å². The van der Waals surface area contributed by atoms with Crippen LogP contribution in [0.15, 0.2) is 4.52 Å². The number of methoxy groups -OCH3 is 1. The predicted molar refractivity (Wildman–Crippen MR) is 79.5 cm³/mol. The van der Waals surface area contributed by atoms with E-state index in [0.717, 1.165) is 18.0 Å². The summed E-state index contributed by atoms with van der Waals surface area (Å²) in [6, 6.07) is -0.234. The minimum Gasteiger partial charge on any atom is -0.385 e. The summed E-state index contributed by atoms with van der Waals surface area (Å²) in [5, 5.41) is 5.02. The number of nitrogens with zero attached hydrogens (tertiary/aromatic N) is 2. The van der Waals surface area contributed by atoms with Gasteiger partial charge in [-0.2, -0.15) is 16.7 Å². The third-order valence-corrected chi connectivity index (χ3v) is 6.36. The molecule has 2 rings (SSSR count). The van der Waals surface area contributed by atoms with Gasteiger partial charge in [-0.15, -0.1) is 11.8 Å². The zero-order valence-corrected chi connectivity index (χ0v) is 13.0. The molecule has 1 fully saturated rings. The van der Waals surface area contributed by atoms with E-state index < -0.39 is 0 Å². The number of hydrogen-bond acceptors (Lipinski definition) is 7. The van der Waals surface area contributed by atoms with Crippen molar-refractivity contribution in [1.82, 2.24) is 10.1 Å². The molecule has 19 heavy (non-hydrogen) atoms. The van der Waals surface area contributed by atoms with Crippen molar-refractivity contribution in [3.05, 3.63) is 11.7 Å². The zero-order chi connectivity index (χ0) is 13.7. The number of nitrogens with two attached hydrogens (primary N) is 1. The number of thioether (sulfide) groups is 2. The highest BCUT2D eigenvalue weighted by molar-refractivity contribution is 8.06. The van der Waals surface area contributed by atoms with E-state index in [0.29, 0.717) is 29.4 Å². The fraction of sp³-hybridized carbons (Fsp3) is 0.833. The maximum absolute atomic E-state index is 6.00. The van der Waals surface area contributed by atoms with Gasteiger partial charge in [0.2, 0.25) is 5.89 Å². The lowest BCUT2D eigenvalue weighted by molar-refractivity contribution is 0.182. The van der Waals surface area contributed by atoms with Crippen molar-refractivity contribution in [2.24, 2.45) is 5.73 Å². The van der Waals surface area contributed by atoms with Gasteiger partial charge >= 0.3 is 0 Å². The summed E-state index contributed by atoms with van der Waals surface area (Å²) in [5.41, 5.74) is 6.00. The third kappa shape index (κ3) is 3.87. The van der Waals surface area contributed by atoms with Gasteiger partial charge in [-0.1, -0.05) is 12.1 Å². The number of rotatable bonds is 6.